The highest BCUT2D eigenvalue weighted by Gasteiger charge is 2.20. The maximum atomic E-state index is 13.4. The number of hydrogen-bond acceptors (Lipinski definition) is 4. The van der Waals surface area contributed by atoms with Gasteiger partial charge in [0.15, 0.2) is 0 Å². The minimum Gasteiger partial charge on any atom is -0.465 e. The van der Waals surface area contributed by atoms with Crippen molar-refractivity contribution >= 4 is 17.6 Å². The molecule has 2 rings (SSSR count). The molecule has 6 heteroatoms. The van der Waals surface area contributed by atoms with Crippen molar-refractivity contribution in [3.8, 4) is 0 Å². The van der Waals surface area contributed by atoms with Gasteiger partial charge in [-0.05, 0) is 43.5 Å². The first-order chi connectivity index (χ1) is 9.60. The van der Waals surface area contributed by atoms with E-state index in [0.717, 1.165) is 12.6 Å². The number of carbonyl (C=O) groups excluding carboxylic acids is 2. The van der Waals surface area contributed by atoms with Crippen LogP contribution in [0.1, 0.15) is 23.2 Å². The van der Waals surface area contributed by atoms with Crippen LogP contribution in [0.5, 0.6) is 0 Å². The van der Waals surface area contributed by atoms with Gasteiger partial charge in [-0.1, -0.05) is 0 Å². The normalized spacial score (nSPS) is 13.9. The molecule has 1 aliphatic rings. The van der Waals surface area contributed by atoms with Crippen LogP contribution in [0.25, 0.3) is 0 Å². The molecule has 0 atom stereocenters. The van der Waals surface area contributed by atoms with Gasteiger partial charge in [0.05, 0.1) is 19.2 Å². The molecule has 1 aliphatic carbocycles. The Morgan fingerprint density at radius 2 is 2.15 bits per heavy atom. The number of benzene rings is 1. The molecule has 0 bridgehead atoms. The smallest absolute Gasteiger partial charge is 0.340 e. The highest BCUT2D eigenvalue weighted by Crippen LogP contribution is 2.27. The highest BCUT2D eigenvalue weighted by molar-refractivity contribution is 5.95. The fourth-order valence-electron chi connectivity index (χ4n) is 1.79. The lowest BCUT2D eigenvalue weighted by Crippen LogP contribution is -2.29. The summed E-state index contributed by atoms with van der Waals surface area (Å²) >= 11 is 0. The van der Waals surface area contributed by atoms with E-state index in [2.05, 4.69) is 15.4 Å². The second kappa shape index (κ2) is 6.47. The predicted molar refractivity (Wildman–Crippen MR) is 72.0 cm³/mol. The molecule has 0 radical (unpaired) electrons. The number of nitrogens with one attached hydrogen (secondary N) is 2. The first-order valence-corrected chi connectivity index (χ1v) is 6.48. The van der Waals surface area contributed by atoms with E-state index in [0.29, 0.717) is 11.6 Å². The quantitative estimate of drug-likeness (QED) is 0.776. The Bertz CT molecular complexity index is 515. The fraction of sp³-hybridized carbons (Fsp3) is 0.429. The second-order valence-electron chi connectivity index (χ2n) is 4.81. The van der Waals surface area contributed by atoms with Gasteiger partial charge in [0.1, 0.15) is 5.82 Å². The standard InChI is InChI=1S/C14H17FN2O3/c1-20-14(19)11-6-10(4-5-12(11)15)17-13(18)8-16-7-9-2-3-9/h4-6,9,16H,2-3,7-8H2,1H3,(H,17,18). The molecule has 1 aromatic carbocycles. The van der Waals surface area contributed by atoms with E-state index in [1.54, 1.807) is 0 Å². The zero-order chi connectivity index (χ0) is 14.5. The lowest BCUT2D eigenvalue weighted by Gasteiger charge is -2.08. The number of carbonyl (C=O) groups is 2. The first-order valence-electron chi connectivity index (χ1n) is 6.48. The number of amides is 1. The molecule has 5 nitrogen and oxygen atoms in total. The summed E-state index contributed by atoms with van der Waals surface area (Å²) in [6.07, 6.45) is 2.43. The number of methoxy groups -OCH3 is 1. The van der Waals surface area contributed by atoms with Crippen molar-refractivity contribution in [3.63, 3.8) is 0 Å². The maximum Gasteiger partial charge on any atom is 0.340 e. The zero-order valence-electron chi connectivity index (χ0n) is 11.2. The molecule has 0 heterocycles. The minimum absolute atomic E-state index is 0.196. The molecule has 1 saturated carbocycles. The van der Waals surface area contributed by atoms with Gasteiger partial charge in [-0.3, -0.25) is 4.79 Å². The van der Waals surface area contributed by atoms with Crippen molar-refractivity contribution in [1.82, 2.24) is 5.32 Å². The third-order valence-corrected chi connectivity index (χ3v) is 3.07. The summed E-state index contributed by atoms with van der Waals surface area (Å²) in [6.45, 7) is 1.03. The molecule has 0 saturated heterocycles. The molecule has 2 N–H and O–H groups in total. The van der Waals surface area contributed by atoms with Crippen molar-refractivity contribution in [2.24, 2.45) is 5.92 Å². The maximum absolute atomic E-state index is 13.4. The Kier molecular flexibility index (Phi) is 4.68. The van der Waals surface area contributed by atoms with Crippen LogP contribution < -0.4 is 10.6 Å². The van der Waals surface area contributed by atoms with Crippen molar-refractivity contribution in [2.75, 3.05) is 25.5 Å². The molecule has 1 amide bonds. The van der Waals surface area contributed by atoms with Crippen LogP contribution in [-0.4, -0.2) is 32.1 Å². The summed E-state index contributed by atoms with van der Waals surface area (Å²) < 4.78 is 17.9. The molecule has 0 aromatic heterocycles. The van der Waals surface area contributed by atoms with Crippen LogP contribution in [0.2, 0.25) is 0 Å². The monoisotopic (exact) mass is 280 g/mol. The topological polar surface area (TPSA) is 67.4 Å². The molecular formula is C14H17FN2O3. The van der Waals surface area contributed by atoms with E-state index < -0.39 is 11.8 Å². The predicted octanol–water partition coefficient (Wildman–Crippen LogP) is 1.55. The van der Waals surface area contributed by atoms with E-state index in [4.69, 9.17) is 0 Å². The van der Waals surface area contributed by atoms with Gasteiger partial charge in [-0.2, -0.15) is 0 Å². The van der Waals surface area contributed by atoms with E-state index in [1.165, 1.54) is 32.1 Å². The summed E-state index contributed by atoms with van der Waals surface area (Å²) in [5.74, 6) is -0.986. The third kappa shape index (κ3) is 4.03. The SMILES string of the molecule is COC(=O)c1cc(NC(=O)CNCC2CC2)ccc1F. The average molecular weight is 280 g/mol. The Morgan fingerprint density at radius 1 is 1.40 bits per heavy atom. The largest absolute Gasteiger partial charge is 0.465 e. The third-order valence-electron chi connectivity index (χ3n) is 3.07. The molecule has 108 valence electrons. The summed E-state index contributed by atoms with van der Waals surface area (Å²) in [7, 11) is 1.18. The first kappa shape index (κ1) is 14.5. The lowest BCUT2D eigenvalue weighted by atomic mass is 10.2. The molecule has 1 fully saturated rings. The summed E-state index contributed by atoms with van der Waals surface area (Å²) in [5.41, 5.74) is 0.168. The van der Waals surface area contributed by atoms with Crippen LogP contribution in [-0.2, 0) is 9.53 Å². The molecule has 0 unspecified atom stereocenters. The summed E-state index contributed by atoms with van der Waals surface area (Å²) in [4.78, 5) is 23.0. The molecular weight excluding hydrogens is 263 g/mol. The van der Waals surface area contributed by atoms with Gasteiger partial charge >= 0.3 is 5.97 Å². The van der Waals surface area contributed by atoms with Crippen molar-refractivity contribution in [3.05, 3.63) is 29.6 Å². The molecule has 0 aliphatic heterocycles. The fourth-order valence-corrected chi connectivity index (χ4v) is 1.79. The van der Waals surface area contributed by atoms with Gasteiger partial charge in [-0.25, -0.2) is 9.18 Å². The van der Waals surface area contributed by atoms with Gasteiger partial charge in [0, 0.05) is 5.69 Å². The van der Waals surface area contributed by atoms with Crippen molar-refractivity contribution in [2.45, 2.75) is 12.8 Å². The summed E-state index contributed by atoms with van der Waals surface area (Å²) in [6, 6.07) is 3.79. The number of esters is 1. The Morgan fingerprint density at radius 3 is 2.80 bits per heavy atom. The van der Waals surface area contributed by atoms with Crippen LogP contribution in [0.15, 0.2) is 18.2 Å². The number of hydrogen-bond donors (Lipinski definition) is 2. The number of rotatable bonds is 6. The highest BCUT2D eigenvalue weighted by atomic mass is 19.1. The van der Waals surface area contributed by atoms with E-state index in [1.807, 2.05) is 0 Å². The van der Waals surface area contributed by atoms with Gasteiger partial charge in [-0.15, -0.1) is 0 Å². The van der Waals surface area contributed by atoms with Crippen molar-refractivity contribution in [1.29, 1.82) is 0 Å². The van der Waals surface area contributed by atoms with Crippen LogP contribution in [0.4, 0.5) is 10.1 Å². The van der Waals surface area contributed by atoms with Crippen molar-refractivity contribution < 1.29 is 18.7 Å². The van der Waals surface area contributed by atoms with Crippen LogP contribution >= 0.6 is 0 Å². The average Bonchev–Trinajstić information content (AvgIpc) is 3.24. The minimum atomic E-state index is -0.773. The molecule has 20 heavy (non-hydrogen) atoms. The number of anilines is 1. The van der Waals surface area contributed by atoms with E-state index >= 15 is 0 Å². The van der Waals surface area contributed by atoms with Gasteiger partial charge < -0.3 is 15.4 Å². The van der Waals surface area contributed by atoms with Gasteiger partial charge in [0.2, 0.25) is 5.91 Å². The number of ether oxygens (including phenoxy) is 1. The van der Waals surface area contributed by atoms with Crippen LogP contribution in [0, 0.1) is 11.7 Å². The van der Waals surface area contributed by atoms with Gasteiger partial charge in [0.25, 0.3) is 0 Å². The lowest BCUT2D eigenvalue weighted by molar-refractivity contribution is -0.115. The Hall–Kier alpha value is -1.95. The number of halogens is 1. The summed E-state index contributed by atoms with van der Waals surface area (Å²) in [5, 5.41) is 5.66. The zero-order valence-corrected chi connectivity index (χ0v) is 11.2. The van der Waals surface area contributed by atoms with E-state index in [9.17, 15) is 14.0 Å². The Labute approximate surface area is 116 Å². The molecule has 1 aromatic rings. The second-order valence-corrected chi connectivity index (χ2v) is 4.81. The van der Waals surface area contributed by atoms with E-state index in [-0.39, 0.29) is 18.0 Å². The molecule has 0 spiro atoms. The van der Waals surface area contributed by atoms with Crippen LogP contribution in [0.3, 0.4) is 0 Å². The Balaban J connectivity index is 1.90.